The molecule has 3 nitrogen and oxygen atoms in total. The van der Waals surface area contributed by atoms with Crippen molar-refractivity contribution in [2.24, 2.45) is 0 Å². The molecule has 0 saturated heterocycles. The van der Waals surface area contributed by atoms with Crippen molar-refractivity contribution >= 4 is 157 Å². The molecule has 69 heavy (non-hydrogen) atoms. The van der Waals surface area contributed by atoms with Gasteiger partial charge in [-0.25, -0.2) is 0 Å². The zero-order valence-corrected chi connectivity index (χ0v) is 37.2. The molecule has 0 spiro atoms. The molecular weight excluding hydrogens is 835 g/mol. The summed E-state index contributed by atoms with van der Waals surface area (Å²) in [7, 11) is 0. The Morgan fingerprint density at radius 3 is 0.667 bits per heavy atom. The van der Waals surface area contributed by atoms with Crippen molar-refractivity contribution in [3.63, 3.8) is 0 Å². The minimum atomic E-state index is 1.19. The van der Waals surface area contributed by atoms with Crippen LogP contribution in [0.3, 0.4) is 0 Å². The summed E-state index contributed by atoms with van der Waals surface area (Å²) < 4.78 is 7.72. The molecule has 11 aromatic carbocycles. The van der Waals surface area contributed by atoms with Gasteiger partial charge in [0, 0.05) is 64.6 Å². The molecule has 0 fully saturated rings. The molecule has 0 amide bonds. The number of rotatable bonds is 0. The third-order valence-corrected chi connectivity index (χ3v) is 15.9. The number of benzene rings is 11. The minimum absolute atomic E-state index is 1.19. The lowest BCUT2D eigenvalue weighted by Gasteiger charge is -2.05. The number of nitrogens with zero attached hydrogens (tertiary/aromatic N) is 3. The van der Waals surface area contributed by atoms with E-state index in [1.54, 1.807) is 0 Å². The molecule has 3 heteroatoms. The molecule has 6 heterocycles. The summed E-state index contributed by atoms with van der Waals surface area (Å²) in [6.07, 6.45) is 0. The van der Waals surface area contributed by atoms with Crippen molar-refractivity contribution < 1.29 is 0 Å². The minimum Gasteiger partial charge on any atom is -0.308 e. The van der Waals surface area contributed by atoms with Crippen LogP contribution in [0.2, 0.25) is 0 Å². The van der Waals surface area contributed by atoms with Gasteiger partial charge in [-0.1, -0.05) is 188 Å². The van der Waals surface area contributed by atoms with E-state index in [9.17, 15) is 0 Å². The third kappa shape index (κ3) is 4.35. The molecule has 0 unspecified atom stereocenters. The monoisotopic (exact) mass is 871 g/mol. The average Bonchev–Trinajstić information content (AvgIpc) is 4.16. The molecule has 0 aliphatic heterocycles. The molecule has 316 valence electrons. The van der Waals surface area contributed by atoms with E-state index in [0.717, 1.165) is 0 Å². The number of fused-ring (bicyclic) bond motifs is 28. The van der Waals surface area contributed by atoms with E-state index in [-0.39, 0.29) is 0 Å². The highest BCUT2D eigenvalue weighted by Crippen LogP contribution is 2.49. The van der Waals surface area contributed by atoms with Crippen LogP contribution in [-0.4, -0.2) is 13.2 Å². The van der Waals surface area contributed by atoms with Crippen LogP contribution in [0.1, 0.15) is 0 Å². The zero-order valence-electron chi connectivity index (χ0n) is 37.2. The van der Waals surface area contributed by atoms with Crippen molar-refractivity contribution in [2.45, 2.75) is 0 Å². The fourth-order valence-electron chi connectivity index (χ4n) is 13.3. The lowest BCUT2D eigenvalue weighted by Crippen LogP contribution is -1.87. The van der Waals surface area contributed by atoms with Crippen molar-refractivity contribution in [1.82, 2.24) is 13.2 Å². The standard InChI is InChI=1S/C66H37N3/c1-5-20-42-38(16-1)40-18-3-7-22-44(40)48-26-13-28-50-60-56(67(64(48)50)54-32-11-9-24-46(42)54)34-36-58-62(60)52-30-15-31-53-63-59(69(58)66(52)53)37-35-57-61(63)51-29-14-27-49-45-23-8-4-19-41(45)39-17-2-6-21-43(39)47-25-10-12-33-55(47)68(57)65(49)51/h1-37H. The highest BCUT2D eigenvalue weighted by atomic mass is 14.9. The van der Waals surface area contributed by atoms with Crippen molar-refractivity contribution in [2.75, 3.05) is 0 Å². The molecule has 0 atom stereocenters. The molecule has 6 aromatic heterocycles. The van der Waals surface area contributed by atoms with Crippen LogP contribution in [0.5, 0.6) is 0 Å². The number of para-hydroxylation sites is 5. The largest absolute Gasteiger partial charge is 0.308 e. The first-order valence-electron chi connectivity index (χ1n) is 24.0. The second-order valence-corrected chi connectivity index (χ2v) is 19.0. The lowest BCUT2D eigenvalue weighted by molar-refractivity contribution is 1.34. The summed E-state index contributed by atoms with van der Waals surface area (Å²) >= 11 is 0. The lowest BCUT2D eigenvalue weighted by atomic mass is 9.99. The highest BCUT2D eigenvalue weighted by molar-refractivity contribution is 6.39. The molecule has 0 radical (unpaired) electrons. The first-order valence-corrected chi connectivity index (χ1v) is 24.0. The van der Waals surface area contributed by atoms with E-state index in [4.69, 9.17) is 0 Å². The van der Waals surface area contributed by atoms with Crippen LogP contribution < -0.4 is 0 Å². The maximum absolute atomic E-state index is 2.58. The fraction of sp³-hybridized carbons (Fsp3) is 0. The van der Waals surface area contributed by atoms with Crippen LogP contribution in [0.25, 0.3) is 157 Å². The van der Waals surface area contributed by atoms with Crippen molar-refractivity contribution in [3.8, 4) is 0 Å². The smallest absolute Gasteiger partial charge is 0.0620 e. The number of hydrogen-bond acceptors (Lipinski definition) is 0. The first kappa shape index (κ1) is 36.0. The summed E-state index contributed by atoms with van der Waals surface area (Å²) in [4.78, 5) is 0. The van der Waals surface area contributed by atoms with Crippen LogP contribution in [0.4, 0.5) is 0 Å². The van der Waals surface area contributed by atoms with Gasteiger partial charge in [0.2, 0.25) is 0 Å². The van der Waals surface area contributed by atoms with E-state index in [1.807, 2.05) is 0 Å². The Morgan fingerprint density at radius 2 is 0.348 bits per heavy atom. The Kier molecular flexibility index (Phi) is 6.69. The van der Waals surface area contributed by atoms with E-state index < -0.39 is 0 Å². The summed E-state index contributed by atoms with van der Waals surface area (Å²) in [6, 6.07) is 84.4. The molecule has 17 aromatic rings. The molecule has 0 bridgehead atoms. The van der Waals surface area contributed by atoms with Crippen LogP contribution >= 0.6 is 0 Å². The zero-order chi connectivity index (χ0) is 44.6. The predicted octanol–water partition coefficient (Wildman–Crippen LogP) is 18.0. The SMILES string of the molecule is c1ccc2c(c1)c1ccccc1c1cccc3c4c5c6cccc7c8c9c%10cccc%11c%12ccccc%12c%12ccccc%12c%12ccccc%12n(c9ccc8n(c5ccc4n(c4ccccc24)c13)c67)c%11%10. The summed E-state index contributed by atoms with van der Waals surface area (Å²) in [5, 5.41) is 25.2. The molecular formula is C66H37N3. The van der Waals surface area contributed by atoms with Crippen molar-refractivity contribution in [3.05, 3.63) is 224 Å². The van der Waals surface area contributed by atoms with Crippen molar-refractivity contribution in [1.29, 1.82) is 0 Å². The third-order valence-electron chi connectivity index (χ3n) is 15.9. The van der Waals surface area contributed by atoms with E-state index >= 15 is 0 Å². The molecule has 0 aliphatic carbocycles. The topological polar surface area (TPSA) is 13.2 Å². The Labute approximate surface area is 393 Å². The van der Waals surface area contributed by atoms with Gasteiger partial charge < -0.3 is 13.2 Å². The van der Waals surface area contributed by atoms with Gasteiger partial charge in [-0.15, -0.1) is 0 Å². The Bertz CT molecular complexity index is 4930. The van der Waals surface area contributed by atoms with Gasteiger partial charge in [0.05, 0.1) is 49.7 Å². The second kappa shape index (κ2) is 12.8. The Hall–Kier alpha value is -9.18. The van der Waals surface area contributed by atoms with Gasteiger partial charge in [-0.2, -0.15) is 0 Å². The van der Waals surface area contributed by atoms with Gasteiger partial charge in [0.15, 0.2) is 0 Å². The molecule has 17 rings (SSSR count). The predicted molar refractivity (Wildman–Crippen MR) is 296 cm³/mol. The number of hydrogen-bond donors (Lipinski definition) is 0. The Morgan fingerprint density at radius 1 is 0.145 bits per heavy atom. The molecule has 0 saturated carbocycles. The van der Waals surface area contributed by atoms with Crippen LogP contribution in [0, 0.1) is 0 Å². The van der Waals surface area contributed by atoms with Gasteiger partial charge in [-0.3, -0.25) is 0 Å². The summed E-state index contributed by atoms with van der Waals surface area (Å²) in [5.74, 6) is 0. The normalized spacial score (nSPS) is 12.6. The summed E-state index contributed by atoms with van der Waals surface area (Å²) in [5.41, 5.74) is 11.0. The quantitative estimate of drug-likeness (QED) is 0.144. The van der Waals surface area contributed by atoms with Crippen LogP contribution in [-0.2, 0) is 0 Å². The molecule has 0 N–H and O–H groups in total. The number of aromatic nitrogens is 3. The Balaban J connectivity index is 1.09. The second-order valence-electron chi connectivity index (χ2n) is 19.0. The van der Waals surface area contributed by atoms with E-state index in [2.05, 4.69) is 238 Å². The first-order chi connectivity index (χ1) is 34.3. The van der Waals surface area contributed by atoms with Gasteiger partial charge in [0.1, 0.15) is 0 Å². The van der Waals surface area contributed by atoms with Gasteiger partial charge in [0.25, 0.3) is 0 Å². The van der Waals surface area contributed by atoms with Gasteiger partial charge >= 0.3 is 0 Å². The van der Waals surface area contributed by atoms with Crippen LogP contribution in [0.15, 0.2) is 224 Å². The highest BCUT2D eigenvalue weighted by Gasteiger charge is 2.26. The van der Waals surface area contributed by atoms with E-state index in [0.29, 0.717) is 0 Å². The average molecular weight is 872 g/mol. The summed E-state index contributed by atoms with van der Waals surface area (Å²) in [6.45, 7) is 0. The molecule has 0 aliphatic rings. The fourth-order valence-corrected chi connectivity index (χ4v) is 13.3. The van der Waals surface area contributed by atoms with E-state index in [1.165, 1.54) is 157 Å². The maximum atomic E-state index is 2.58. The maximum Gasteiger partial charge on any atom is 0.0620 e. The van der Waals surface area contributed by atoms with Gasteiger partial charge in [-0.05, 0) is 79.5 Å².